The van der Waals surface area contributed by atoms with Crippen LogP contribution in [0.15, 0.2) is 175 Å². The first-order valence-electron chi connectivity index (χ1n) is 18.3. The van der Waals surface area contributed by atoms with Crippen molar-refractivity contribution in [1.82, 2.24) is 4.57 Å². The van der Waals surface area contributed by atoms with Crippen LogP contribution in [0.2, 0.25) is 0 Å². The molecule has 0 fully saturated rings. The van der Waals surface area contributed by atoms with E-state index < -0.39 is 0 Å². The average Bonchev–Trinajstić information content (AvgIpc) is 3.85. The van der Waals surface area contributed by atoms with Crippen LogP contribution in [0.4, 0.5) is 11.4 Å². The molecule has 3 heteroatoms. The van der Waals surface area contributed by atoms with Crippen molar-refractivity contribution < 1.29 is 0 Å². The van der Waals surface area contributed by atoms with Gasteiger partial charge in [-0.15, -0.1) is 11.3 Å². The Labute approximate surface area is 302 Å². The normalized spacial score (nSPS) is 19.4. The molecule has 4 aliphatic rings. The Morgan fingerprint density at radius 2 is 1.45 bits per heavy atom. The Kier molecular flexibility index (Phi) is 6.54. The molecule has 2 unspecified atom stereocenters. The minimum absolute atomic E-state index is 0.237. The molecule has 2 nitrogen and oxygen atoms in total. The monoisotopic (exact) mass is 672 g/mol. The van der Waals surface area contributed by atoms with Crippen molar-refractivity contribution in [1.29, 1.82) is 0 Å². The van der Waals surface area contributed by atoms with E-state index in [4.69, 9.17) is 0 Å². The Balaban J connectivity index is 1.03. The number of benzene rings is 5. The summed E-state index contributed by atoms with van der Waals surface area (Å²) in [6, 6.07) is 45.1. The third kappa shape index (κ3) is 4.41. The van der Waals surface area contributed by atoms with Crippen molar-refractivity contribution in [3.8, 4) is 5.69 Å². The molecule has 0 spiro atoms. The van der Waals surface area contributed by atoms with Crippen LogP contribution in [-0.4, -0.2) is 10.6 Å². The molecule has 2 aromatic heterocycles. The summed E-state index contributed by atoms with van der Waals surface area (Å²) in [5.74, 6) is 0.284. The summed E-state index contributed by atoms with van der Waals surface area (Å²) in [4.78, 5) is 2.58. The summed E-state index contributed by atoms with van der Waals surface area (Å²) < 4.78 is 5.21. The van der Waals surface area contributed by atoms with Crippen molar-refractivity contribution in [2.75, 3.05) is 4.90 Å². The highest BCUT2D eigenvalue weighted by atomic mass is 32.1. The van der Waals surface area contributed by atoms with Crippen molar-refractivity contribution in [3.05, 3.63) is 191 Å². The van der Waals surface area contributed by atoms with Gasteiger partial charge in [-0.25, -0.2) is 0 Å². The Morgan fingerprint density at radius 1 is 0.647 bits per heavy atom. The molecule has 11 rings (SSSR count). The fourth-order valence-corrected chi connectivity index (χ4v) is 10.4. The van der Waals surface area contributed by atoms with Gasteiger partial charge in [0.15, 0.2) is 0 Å². The van der Waals surface area contributed by atoms with Crippen molar-refractivity contribution in [3.63, 3.8) is 0 Å². The van der Waals surface area contributed by atoms with Crippen LogP contribution < -0.4 is 4.90 Å². The number of thiophene rings is 1. The molecule has 0 amide bonds. The van der Waals surface area contributed by atoms with Gasteiger partial charge in [0.1, 0.15) is 0 Å². The maximum atomic E-state index is 2.59. The number of fused-ring (bicyclic) bond motifs is 9. The number of para-hydroxylation sites is 3. The number of nitrogens with zero attached hydrogens (tertiary/aromatic N) is 2. The van der Waals surface area contributed by atoms with E-state index in [9.17, 15) is 0 Å². The van der Waals surface area contributed by atoms with Crippen LogP contribution in [0.3, 0.4) is 0 Å². The van der Waals surface area contributed by atoms with Gasteiger partial charge in [0.2, 0.25) is 0 Å². The topological polar surface area (TPSA) is 8.17 Å². The van der Waals surface area contributed by atoms with E-state index in [1.165, 1.54) is 87.3 Å². The lowest BCUT2D eigenvalue weighted by Gasteiger charge is -2.31. The van der Waals surface area contributed by atoms with Crippen molar-refractivity contribution >= 4 is 59.4 Å². The van der Waals surface area contributed by atoms with Crippen LogP contribution in [0.25, 0.3) is 42.3 Å². The molecule has 5 aromatic carbocycles. The molecule has 0 saturated carbocycles. The number of hydrogen-bond acceptors (Lipinski definition) is 2. The zero-order chi connectivity index (χ0) is 33.5. The Bertz CT molecular complexity index is 2710. The molecule has 3 heterocycles. The third-order valence-electron chi connectivity index (χ3n) is 11.5. The average molecular weight is 673 g/mol. The summed E-state index contributed by atoms with van der Waals surface area (Å²) >= 11 is 1.89. The first-order valence-corrected chi connectivity index (χ1v) is 19.1. The number of hydrogen-bond donors (Lipinski definition) is 0. The van der Waals surface area contributed by atoms with Crippen LogP contribution in [0.1, 0.15) is 42.0 Å². The van der Waals surface area contributed by atoms with Gasteiger partial charge in [0.25, 0.3) is 0 Å². The highest BCUT2D eigenvalue weighted by molar-refractivity contribution is 7.25. The third-order valence-corrected chi connectivity index (χ3v) is 12.6. The maximum Gasteiger partial charge on any atom is 0.0630 e. The summed E-state index contributed by atoms with van der Waals surface area (Å²) in [6.07, 6.45) is 19.0. The predicted molar refractivity (Wildman–Crippen MR) is 217 cm³/mol. The second kappa shape index (κ2) is 11.4. The lowest BCUT2D eigenvalue weighted by atomic mass is 9.79. The van der Waals surface area contributed by atoms with Crippen LogP contribution in [0.5, 0.6) is 0 Å². The largest absolute Gasteiger partial charge is 0.333 e. The fourth-order valence-electron chi connectivity index (χ4n) is 9.33. The zero-order valence-electron chi connectivity index (χ0n) is 28.3. The number of aromatic nitrogens is 1. The Morgan fingerprint density at radius 3 is 2.39 bits per heavy atom. The van der Waals surface area contributed by atoms with Gasteiger partial charge in [-0.1, -0.05) is 109 Å². The van der Waals surface area contributed by atoms with Gasteiger partial charge in [0.05, 0.1) is 11.6 Å². The maximum absolute atomic E-state index is 2.59. The van der Waals surface area contributed by atoms with Crippen LogP contribution in [0, 0.1) is 0 Å². The van der Waals surface area contributed by atoms with Crippen molar-refractivity contribution in [2.45, 2.75) is 37.6 Å². The molecule has 0 saturated heterocycles. The van der Waals surface area contributed by atoms with Crippen LogP contribution >= 0.6 is 11.3 Å². The minimum atomic E-state index is 0.237. The summed E-state index contributed by atoms with van der Waals surface area (Å²) in [7, 11) is 0. The zero-order valence-corrected chi connectivity index (χ0v) is 29.1. The molecule has 7 aromatic rings. The van der Waals surface area contributed by atoms with E-state index >= 15 is 0 Å². The first kappa shape index (κ1) is 29.1. The quantitative estimate of drug-likeness (QED) is 0.181. The molecular formula is C48H36N2S. The van der Waals surface area contributed by atoms with Gasteiger partial charge in [-0.05, 0) is 102 Å². The molecule has 0 radical (unpaired) electrons. The molecule has 0 N–H and O–H groups in total. The van der Waals surface area contributed by atoms with Gasteiger partial charge in [-0.3, -0.25) is 0 Å². The van der Waals surface area contributed by atoms with Gasteiger partial charge in [0, 0.05) is 59.8 Å². The lowest BCUT2D eigenvalue weighted by Crippen LogP contribution is -2.29. The first-order chi connectivity index (χ1) is 25.3. The Hall–Kier alpha value is -5.64. The smallest absolute Gasteiger partial charge is 0.0630 e. The van der Waals surface area contributed by atoms with E-state index in [1.54, 1.807) is 0 Å². The number of rotatable bonds is 4. The van der Waals surface area contributed by atoms with Crippen LogP contribution in [-0.2, 0) is 6.42 Å². The lowest BCUT2D eigenvalue weighted by molar-refractivity contribution is 0.737. The fraction of sp³-hybridized carbons (Fsp3) is 0.125. The van der Waals surface area contributed by atoms with E-state index in [0.717, 1.165) is 25.7 Å². The molecule has 51 heavy (non-hydrogen) atoms. The van der Waals surface area contributed by atoms with E-state index in [-0.39, 0.29) is 12.0 Å². The summed E-state index contributed by atoms with van der Waals surface area (Å²) in [5.41, 5.74) is 15.0. The summed E-state index contributed by atoms with van der Waals surface area (Å²) in [5, 5.41) is 4.04. The van der Waals surface area contributed by atoms with E-state index in [1.807, 2.05) is 11.3 Å². The highest BCUT2D eigenvalue weighted by Gasteiger charge is 2.39. The van der Waals surface area contributed by atoms with Gasteiger partial charge in [-0.2, -0.15) is 0 Å². The number of allylic oxidation sites excluding steroid dienone is 8. The molecular weight excluding hydrogens is 637 g/mol. The van der Waals surface area contributed by atoms with E-state index in [0.29, 0.717) is 0 Å². The molecule has 2 atom stereocenters. The standard InChI is InChI=1S/C48H36N2S/c1-2-13-32(14-3-1)49-43-22-10-7-19-39(43)48-38(20-12-23-45(48)49)35-16-5-4-15-34(35)31-25-27-44-40(29-31)36-17-6-9-21-42(36)50(44)33-26-28-47-41(30-33)37-18-8-11-24-46(37)51-47/h1-3,5-11,13-14,16-22,24-30,40,44H,4,12,15,23H2. The molecule has 244 valence electrons. The highest BCUT2D eigenvalue weighted by Crippen LogP contribution is 2.51. The molecule has 0 bridgehead atoms. The predicted octanol–water partition coefficient (Wildman–Crippen LogP) is 12.8. The van der Waals surface area contributed by atoms with Gasteiger partial charge < -0.3 is 9.47 Å². The summed E-state index contributed by atoms with van der Waals surface area (Å²) in [6.45, 7) is 0. The second-order valence-electron chi connectivity index (χ2n) is 14.2. The van der Waals surface area contributed by atoms with Crippen molar-refractivity contribution in [2.24, 2.45) is 0 Å². The minimum Gasteiger partial charge on any atom is -0.333 e. The number of anilines is 2. The molecule has 1 aliphatic heterocycles. The van der Waals surface area contributed by atoms with E-state index in [2.05, 4.69) is 167 Å². The second-order valence-corrected chi connectivity index (χ2v) is 15.3. The molecule has 3 aliphatic carbocycles. The van der Waals surface area contributed by atoms with Gasteiger partial charge >= 0.3 is 0 Å². The SMILES string of the molecule is C1=CC(C2=CCCc3c2c2ccccc2n3-c2ccccc2)=C(C2=CC3c4ccccc4N(c4ccc5sc6ccccc6c5c4)C3C=C2)CC1.